The van der Waals surface area contributed by atoms with Crippen LogP contribution in [0, 0.1) is 12.8 Å². The highest BCUT2D eigenvalue weighted by Crippen LogP contribution is 2.28. The molecular formula is C18H31IN4. The van der Waals surface area contributed by atoms with Crippen LogP contribution in [0.5, 0.6) is 0 Å². The summed E-state index contributed by atoms with van der Waals surface area (Å²) in [4.78, 5) is 8.60. The zero-order valence-corrected chi connectivity index (χ0v) is 16.8. The van der Waals surface area contributed by atoms with Gasteiger partial charge in [0.1, 0.15) is 0 Å². The number of rotatable bonds is 7. The molecule has 5 heteroatoms. The van der Waals surface area contributed by atoms with Gasteiger partial charge in [-0.25, -0.2) is 0 Å². The third-order valence-electron chi connectivity index (χ3n) is 4.46. The minimum Gasteiger partial charge on any atom is -0.356 e. The lowest BCUT2D eigenvalue weighted by atomic mass is 10.0. The second-order valence-corrected chi connectivity index (χ2v) is 6.28. The Bertz CT molecular complexity index is 453. The molecule has 1 aromatic rings. The largest absolute Gasteiger partial charge is 0.356 e. The first-order chi connectivity index (χ1) is 10.8. The van der Waals surface area contributed by atoms with Gasteiger partial charge in [0.15, 0.2) is 5.96 Å². The molecule has 2 rings (SSSR count). The molecule has 1 aliphatic carbocycles. The van der Waals surface area contributed by atoms with Gasteiger partial charge in [0.25, 0.3) is 0 Å². The van der Waals surface area contributed by atoms with Gasteiger partial charge >= 0.3 is 0 Å². The van der Waals surface area contributed by atoms with Crippen molar-refractivity contribution in [2.75, 3.05) is 20.1 Å². The van der Waals surface area contributed by atoms with Crippen molar-refractivity contribution in [3.05, 3.63) is 29.6 Å². The summed E-state index contributed by atoms with van der Waals surface area (Å²) in [5, 5.41) is 6.78. The van der Waals surface area contributed by atoms with Crippen LogP contribution in [-0.2, 0) is 6.42 Å². The number of nitrogens with one attached hydrogen (secondary N) is 2. The summed E-state index contributed by atoms with van der Waals surface area (Å²) in [6.45, 7) is 3.91. The highest BCUT2D eigenvalue weighted by atomic mass is 127. The van der Waals surface area contributed by atoms with Gasteiger partial charge in [0, 0.05) is 32.0 Å². The molecule has 0 aliphatic heterocycles. The fourth-order valence-electron chi connectivity index (χ4n) is 3.09. The van der Waals surface area contributed by atoms with Crippen LogP contribution in [0.25, 0.3) is 0 Å². The first kappa shape index (κ1) is 20.2. The highest BCUT2D eigenvalue weighted by molar-refractivity contribution is 14.0. The monoisotopic (exact) mass is 430 g/mol. The van der Waals surface area contributed by atoms with Gasteiger partial charge in [-0.3, -0.25) is 9.98 Å². The van der Waals surface area contributed by atoms with E-state index in [0.29, 0.717) is 0 Å². The lowest BCUT2D eigenvalue weighted by molar-refractivity contribution is 0.481. The number of hydrogen-bond acceptors (Lipinski definition) is 2. The molecule has 130 valence electrons. The molecule has 0 saturated heterocycles. The van der Waals surface area contributed by atoms with E-state index >= 15 is 0 Å². The van der Waals surface area contributed by atoms with Gasteiger partial charge in [0.05, 0.1) is 0 Å². The van der Waals surface area contributed by atoms with Crippen LogP contribution < -0.4 is 10.6 Å². The Kier molecular flexibility index (Phi) is 10.2. The lowest BCUT2D eigenvalue weighted by Gasteiger charge is -2.13. The molecule has 1 aliphatic rings. The van der Waals surface area contributed by atoms with E-state index in [1.165, 1.54) is 44.1 Å². The van der Waals surface area contributed by atoms with Crippen molar-refractivity contribution in [3.63, 3.8) is 0 Å². The minimum atomic E-state index is 0. The predicted octanol–water partition coefficient (Wildman–Crippen LogP) is 3.69. The zero-order valence-electron chi connectivity index (χ0n) is 14.5. The zero-order chi connectivity index (χ0) is 15.6. The van der Waals surface area contributed by atoms with Gasteiger partial charge in [-0.1, -0.05) is 31.7 Å². The van der Waals surface area contributed by atoms with Crippen LogP contribution in [-0.4, -0.2) is 31.1 Å². The third kappa shape index (κ3) is 7.99. The lowest BCUT2D eigenvalue weighted by Crippen LogP contribution is -2.38. The van der Waals surface area contributed by atoms with Crippen molar-refractivity contribution >= 4 is 29.9 Å². The number of aryl methyl sites for hydroxylation is 1. The number of pyridine rings is 1. The van der Waals surface area contributed by atoms with Crippen molar-refractivity contribution in [1.82, 2.24) is 15.6 Å². The molecule has 1 heterocycles. The molecule has 0 bridgehead atoms. The molecule has 2 N–H and O–H groups in total. The summed E-state index contributed by atoms with van der Waals surface area (Å²) < 4.78 is 0. The van der Waals surface area contributed by atoms with E-state index in [-0.39, 0.29) is 24.0 Å². The topological polar surface area (TPSA) is 49.3 Å². The SMILES string of the molecule is CN=C(NCCCC1CCCC1)NCCc1ccc(C)nc1.I. The van der Waals surface area contributed by atoms with Gasteiger partial charge in [-0.2, -0.15) is 0 Å². The van der Waals surface area contributed by atoms with Crippen molar-refractivity contribution in [3.8, 4) is 0 Å². The standard InChI is InChI=1S/C18H30N4.HI/c1-15-9-10-17(14-22-15)11-13-21-18(19-2)20-12-5-8-16-6-3-4-7-16;/h9-10,14,16H,3-8,11-13H2,1-2H3,(H2,19,20,21);1H. The molecule has 4 nitrogen and oxygen atoms in total. The van der Waals surface area contributed by atoms with Crippen LogP contribution in [0.15, 0.2) is 23.3 Å². The molecule has 0 atom stereocenters. The van der Waals surface area contributed by atoms with E-state index in [2.05, 4.69) is 32.7 Å². The summed E-state index contributed by atoms with van der Waals surface area (Å²) >= 11 is 0. The van der Waals surface area contributed by atoms with E-state index < -0.39 is 0 Å². The average Bonchev–Trinajstić information content (AvgIpc) is 3.05. The van der Waals surface area contributed by atoms with E-state index in [0.717, 1.165) is 37.1 Å². The summed E-state index contributed by atoms with van der Waals surface area (Å²) in [6.07, 6.45) is 11.3. The van der Waals surface area contributed by atoms with Crippen molar-refractivity contribution in [1.29, 1.82) is 0 Å². The Morgan fingerprint density at radius 1 is 1.22 bits per heavy atom. The van der Waals surface area contributed by atoms with Crippen molar-refractivity contribution < 1.29 is 0 Å². The summed E-state index contributed by atoms with van der Waals surface area (Å²) in [6, 6.07) is 4.20. The summed E-state index contributed by atoms with van der Waals surface area (Å²) in [5.41, 5.74) is 2.33. The quantitative estimate of drug-likeness (QED) is 0.300. The number of nitrogens with zero attached hydrogens (tertiary/aromatic N) is 2. The maximum Gasteiger partial charge on any atom is 0.190 e. The van der Waals surface area contributed by atoms with E-state index in [9.17, 15) is 0 Å². The smallest absolute Gasteiger partial charge is 0.190 e. The van der Waals surface area contributed by atoms with Gasteiger partial charge in [-0.15, -0.1) is 24.0 Å². The maximum atomic E-state index is 4.32. The second-order valence-electron chi connectivity index (χ2n) is 6.28. The minimum absolute atomic E-state index is 0. The molecule has 0 radical (unpaired) electrons. The molecule has 1 aromatic heterocycles. The number of aliphatic imine (C=N–C) groups is 1. The number of aromatic nitrogens is 1. The van der Waals surface area contributed by atoms with Crippen LogP contribution >= 0.6 is 24.0 Å². The Hall–Kier alpha value is -0.850. The average molecular weight is 430 g/mol. The van der Waals surface area contributed by atoms with Crippen molar-refractivity contribution in [2.45, 2.75) is 51.9 Å². The number of hydrogen-bond donors (Lipinski definition) is 2. The normalized spacial score (nSPS) is 15.3. The molecule has 23 heavy (non-hydrogen) atoms. The molecular weight excluding hydrogens is 399 g/mol. The van der Waals surface area contributed by atoms with Crippen LogP contribution in [0.4, 0.5) is 0 Å². The fraction of sp³-hybridized carbons (Fsp3) is 0.667. The van der Waals surface area contributed by atoms with E-state index in [4.69, 9.17) is 0 Å². The third-order valence-corrected chi connectivity index (χ3v) is 4.46. The van der Waals surface area contributed by atoms with E-state index in [1.807, 2.05) is 20.2 Å². The number of guanidine groups is 1. The first-order valence-electron chi connectivity index (χ1n) is 8.64. The van der Waals surface area contributed by atoms with Gasteiger partial charge < -0.3 is 10.6 Å². The molecule has 0 unspecified atom stereocenters. The maximum absolute atomic E-state index is 4.32. The summed E-state index contributed by atoms with van der Waals surface area (Å²) in [5.74, 6) is 1.89. The Morgan fingerprint density at radius 3 is 2.61 bits per heavy atom. The molecule has 1 fully saturated rings. The first-order valence-corrected chi connectivity index (χ1v) is 8.64. The van der Waals surface area contributed by atoms with Crippen molar-refractivity contribution in [2.24, 2.45) is 10.9 Å². The van der Waals surface area contributed by atoms with E-state index in [1.54, 1.807) is 0 Å². The Balaban J connectivity index is 0.00000264. The van der Waals surface area contributed by atoms with Gasteiger partial charge in [-0.05, 0) is 43.7 Å². The Morgan fingerprint density at radius 2 is 1.96 bits per heavy atom. The molecule has 0 amide bonds. The predicted molar refractivity (Wildman–Crippen MR) is 109 cm³/mol. The fourth-order valence-corrected chi connectivity index (χ4v) is 3.09. The highest BCUT2D eigenvalue weighted by Gasteiger charge is 2.13. The van der Waals surface area contributed by atoms with Crippen LogP contribution in [0.2, 0.25) is 0 Å². The Labute approximate surface area is 158 Å². The van der Waals surface area contributed by atoms with Crippen LogP contribution in [0.3, 0.4) is 0 Å². The second kappa shape index (κ2) is 11.6. The summed E-state index contributed by atoms with van der Waals surface area (Å²) in [7, 11) is 1.83. The van der Waals surface area contributed by atoms with Gasteiger partial charge in [0.2, 0.25) is 0 Å². The molecule has 0 aromatic carbocycles. The molecule has 1 saturated carbocycles. The number of halogens is 1. The van der Waals surface area contributed by atoms with Crippen LogP contribution in [0.1, 0.15) is 49.8 Å². The molecule has 0 spiro atoms.